The number of aromatic nitrogens is 2. The molecule has 0 bridgehead atoms. The van der Waals surface area contributed by atoms with Crippen LogP contribution in [0.1, 0.15) is 61.8 Å². The quantitative estimate of drug-likeness (QED) is 0.421. The number of aryl methyl sites for hydroxylation is 2. The number of carboxylic acids is 1. The van der Waals surface area contributed by atoms with Gasteiger partial charge in [0.15, 0.2) is 0 Å². The highest BCUT2D eigenvalue weighted by Crippen LogP contribution is 2.30. The highest BCUT2D eigenvalue weighted by molar-refractivity contribution is 5.83. The average molecular weight is 448 g/mol. The molecule has 6 nitrogen and oxygen atoms in total. The number of rotatable bonds is 11. The van der Waals surface area contributed by atoms with Gasteiger partial charge in [0.05, 0.1) is 6.54 Å². The fraction of sp³-hybridized carbons (Fsp3) is 0.444. The molecule has 0 saturated carbocycles. The molecule has 0 saturated heterocycles. The molecule has 0 atom stereocenters. The third kappa shape index (κ3) is 5.81. The summed E-state index contributed by atoms with van der Waals surface area (Å²) in [5.74, 6) is -0.597. The number of hydrogen-bond acceptors (Lipinski definition) is 3. The Kier molecular flexibility index (Phi) is 7.76. The highest BCUT2D eigenvalue weighted by atomic mass is 16.4. The first-order valence-corrected chi connectivity index (χ1v) is 12.1. The molecular weight excluding hydrogens is 414 g/mol. The van der Waals surface area contributed by atoms with E-state index in [-0.39, 0.29) is 12.3 Å². The van der Waals surface area contributed by atoms with Crippen LogP contribution in [0.15, 0.2) is 48.7 Å². The SMILES string of the molecule is O=C(O)CCCCCC(=O)N1CCc2c(n(CCCCc3ccccc3)c3ncccc23)C1. The maximum Gasteiger partial charge on any atom is 0.303 e. The molecule has 1 aliphatic rings. The number of carbonyl (C=O) groups is 2. The number of carboxylic acid groups (broad SMARTS) is 1. The lowest BCUT2D eigenvalue weighted by atomic mass is 10.0. The van der Waals surface area contributed by atoms with Crippen molar-refractivity contribution in [2.24, 2.45) is 0 Å². The minimum atomic E-state index is -0.768. The highest BCUT2D eigenvalue weighted by Gasteiger charge is 2.26. The first-order valence-electron chi connectivity index (χ1n) is 12.1. The normalized spacial score (nSPS) is 13.3. The number of nitrogens with zero attached hydrogens (tertiary/aromatic N) is 3. The number of amides is 1. The topological polar surface area (TPSA) is 75.4 Å². The number of fused-ring (bicyclic) bond motifs is 3. The van der Waals surface area contributed by atoms with E-state index in [2.05, 4.69) is 45.9 Å². The van der Waals surface area contributed by atoms with Crippen LogP contribution >= 0.6 is 0 Å². The largest absolute Gasteiger partial charge is 0.481 e. The Balaban J connectivity index is 1.39. The monoisotopic (exact) mass is 447 g/mol. The van der Waals surface area contributed by atoms with E-state index in [1.54, 1.807) is 0 Å². The molecule has 1 N–H and O–H groups in total. The second kappa shape index (κ2) is 11.1. The molecule has 1 aromatic carbocycles. The van der Waals surface area contributed by atoms with Crippen molar-refractivity contribution in [2.45, 2.75) is 70.9 Å². The van der Waals surface area contributed by atoms with E-state index in [1.165, 1.54) is 22.2 Å². The number of carbonyl (C=O) groups excluding carboxylic acids is 1. The molecule has 6 heteroatoms. The fourth-order valence-electron chi connectivity index (χ4n) is 4.84. The van der Waals surface area contributed by atoms with Gasteiger partial charge in [-0.1, -0.05) is 36.8 Å². The zero-order valence-electron chi connectivity index (χ0n) is 19.2. The van der Waals surface area contributed by atoms with Crippen LogP contribution < -0.4 is 0 Å². The second-order valence-corrected chi connectivity index (χ2v) is 8.91. The summed E-state index contributed by atoms with van der Waals surface area (Å²) in [4.78, 5) is 30.1. The number of unbranched alkanes of at least 4 members (excludes halogenated alkanes) is 3. The molecule has 4 rings (SSSR count). The molecule has 174 valence electrons. The molecule has 1 amide bonds. The summed E-state index contributed by atoms with van der Waals surface area (Å²) < 4.78 is 2.34. The van der Waals surface area contributed by atoms with Crippen molar-refractivity contribution in [3.05, 3.63) is 65.5 Å². The van der Waals surface area contributed by atoms with Gasteiger partial charge in [-0.15, -0.1) is 0 Å². The van der Waals surface area contributed by atoms with Crippen molar-refractivity contribution in [3.8, 4) is 0 Å². The molecule has 0 spiro atoms. The molecule has 0 unspecified atom stereocenters. The zero-order valence-corrected chi connectivity index (χ0v) is 19.2. The van der Waals surface area contributed by atoms with Crippen LogP contribution in [0.4, 0.5) is 0 Å². The molecule has 0 aliphatic carbocycles. The summed E-state index contributed by atoms with van der Waals surface area (Å²) in [6.45, 7) is 2.29. The summed E-state index contributed by atoms with van der Waals surface area (Å²) in [6, 6.07) is 14.7. The van der Waals surface area contributed by atoms with Crippen LogP contribution in [-0.2, 0) is 35.5 Å². The van der Waals surface area contributed by atoms with E-state index in [9.17, 15) is 9.59 Å². The van der Waals surface area contributed by atoms with E-state index < -0.39 is 5.97 Å². The van der Waals surface area contributed by atoms with Crippen molar-refractivity contribution in [1.82, 2.24) is 14.5 Å². The number of pyridine rings is 1. The van der Waals surface area contributed by atoms with Gasteiger partial charge in [0.1, 0.15) is 5.65 Å². The van der Waals surface area contributed by atoms with E-state index in [1.807, 2.05) is 17.2 Å². The Labute approximate surface area is 195 Å². The molecule has 1 aliphatic heterocycles. The minimum Gasteiger partial charge on any atom is -0.481 e. The van der Waals surface area contributed by atoms with Crippen LogP contribution in [0.2, 0.25) is 0 Å². The van der Waals surface area contributed by atoms with Crippen LogP contribution in [0, 0.1) is 0 Å². The molecule has 0 fully saturated rings. The van der Waals surface area contributed by atoms with Gasteiger partial charge >= 0.3 is 5.97 Å². The van der Waals surface area contributed by atoms with Crippen molar-refractivity contribution < 1.29 is 14.7 Å². The standard InChI is InChI=1S/C27H33N3O3/c31-25(14-5-2-6-15-26(32)33)29-19-16-22-23-13-9-17-28-27(23)30(24(22)20-29)18-8-7-12-21-10-3-1-4-11-21/h1,3-4,9-11,13,17H,2,5-8,12,14-16,18-20H2,(H,32,33). The summed E-state index contributed by atoms with van der Waals surface area (Å²) in [7, 11) is 0. The van der Waals surface area contributed by atoms with E-state index in [4.69, 9.17) is 5.11 Å². The maximum absolute atomic E-state index is 12.8. The summed E-state index contributed by atoms with van der Waals surface area (Å²) in [5, 5.41) is 9.98. The third-order valence-electron chi connectivity index (χ3n) is 6.59. The van der Waals surface area contributed by atoms with Gasteiger partial charge in [0, 0.05) is 43.2 Å². The van der Waals surface area contributed by atoms with Gasteiger partial charge in [0.2, 0.25) is 5.91 Å². The van der Waals surface area contributed by atoms with Crippen molar-refractivity contribution in [3.63, 3.8) is 0 Å². The minimum absolute atomic E-state index is 0.171. The van der Waals surface area contributed by atoms with Gasteiger partial charge in [-0.2, -0.15) is 0 Å². The second-order valence-electron chi connectivity index (χ2n) is 8.91. The third-order valence-corrected chi connectivity index (χ3v) is 6.59. The van der Waals surface area contributed by atoms with Gasteiger partial charge in [-0.25, -0.2) is 4.98 Å². The van der Waals surface area contributed by atoms with Crippen LogP contribution in [-0.4, -0.2) is 38.0 Å². The lowest BCUT2D eigenvalue weighted by Gasteiger charge is -2.28. The predicted octanol–water partition coefficient (Wildman–Crippen LogP) is 4.98. The fourth-order valence-corrected chi connectivity index (χ4v) is 4.84. The predicted molar refractivity (Wildman–Crippen MR) is 129 cm³/mol. The molecular formula is C27H33N3O3. The number of hydrogen-bond donors (Lipinski definition) is 1. The summed E-state index contributed by atoms with van der Waals surface area (Å²) in [6.07, 6.45) is 8.81. The Morgan fingerprint density at radius 1 is 0.939 bits per heavy atom. The van der Waals surface area contributed by atoms with Crippen molar-refractivity contribution in [1.29, 1.82) is 0 Å². The Bertz CT molecular complexity index is 1090. The first-order chi connectivity index (χ1) is 16.1. The molecule has 3 heterocycles. The van der Waals surface area contributed by atoms with Crippen LogP contribution in [0.25, 0.3) is 11.0 Å². The Hall–Kier alpha value is -3.15. The van der Waals surface area contributed by atoms with Crippen LogP contribution in [0.5, 0.6) is 0 Å². The lowest BCUT2D eigenvalue weighted by Crippen LogP contribution is -2.36. The number of aliphatic carboxylic acids is 1. The Morgan fingerprint density at radius 2 is 1.76 bits per heavy atom. The smallest absolute Gasteiger partial charge is 0.303 e. The Morgan fingerprint density at radius 3 is 2.58 bits per heavy atom. The van der Waals surface area contributed by atoms with E-state index in [0.717, 1.165) is 57.3 Å². The van der Waals surface area contributed by atoms with Crippen molar-refractivity contribution >= 4 is 22.9 Å². The van der Waals surface area contributed by atoms with E-state index in [0.29, 0.717) is 19.4 Å². The maximum atomic E-state index is 12.8. The summed E-state index contributed by atoms with van der Waals surface area (Å²) in [5.41, 5.74) is 4.97. The zero-order chi connectivity index (χ0) is 23.0. The molecule has 33 heavy (non-hydrogen) atoms. The number of benzene rings is 1. The molecule has 0 radical (unpaired) electrons. The van der Waals surface area contributed by atoms with Gasteiger partial charge in [0.25, 0.3) is 0 Å². The van der Waals surface area contributed by atoms with Crippen molar-refractivity contribution in [2.75, 3.05) is 6.54 Å². The molecule has 2 aromatic heterocycles. The van der Waals surface area contributed by atoms with Crippen LogP contribution in [0.3, 0.4) is 0 Å². The van der Waals surface area contributed by atoms with E-state index >= 15 is 0 Å². The average Bonchev–Trinajstić information content (AvgIpc) is 3.15. The first kappa shape index (κ1) is 23.0. The summed E-state index contributed by atoms with van der Waals surface area (Å²) >= 11 is 0. The lowest BCUT2D eigenvalue weighted by molar-refractivity contribution is -0.137. The van der Waals surface area contributed by atoms with Gasteiger partial charge in [-0.3, -0.25) is 9.59 Å². The van der Waals surface area contributed by atoms with Gasteiger partial charge in [-0.05, 0) is 61.8 Å². The molecule has 3 aromatic rings. The van der Waals surface area contributed by atoms with Gasteiger partial charge < -0.3 is 14.6 Å².